The van der Waals surface area contributed by atoms with Crippen molar-refractivity contribution >= 4 is 17.1 Å². The first-order chi connectivity index (χ1) is 9.50. The average molecular weight is 271 g/mol. The molecule has 1 heterocycles. The summed E-state index contributed by atoms with van der Waals surface area (Å²) in [5.41, 5.74) is 3.39. The van der Waals surface area contributed by atoms with Crippen LogP contribution in [0.4, 0.5) is 0 Å². The molecule has 0 saturated heterocycles. The monoisotopic (exact) mass is 271 g/mol. The van der Waals surface area contributed by atoms with Gasteiger partial charge in [-0.2, -0.15) is 0 Å². The van der Waals surface area contributed by atoms with E-state index in [1.165, 1.54) is 12.5 Å². The van der Waals surface area contributed by atoms with Gasteiger partial charge in [-0.05, 0) is 37.1 Å². The van der Waals surface area contributed by atoms with E-state index >= 15 is 0 Å². The maximum atomic E-state index is 12.2. The van der Waals surface area contributed by atoms with E-state index in [1.807, 2.05) is 26.0 Å². The number of benzene rings is 1. The number of nitrogens with one attached hydrogen (secondary N) is 1. The lowest BCUT2D eigenvalue weighted by Crippen LogP contribution is -2.20. The smallest absolute Gasteiger partial charge is 0.166 e. The highest BCUT2D eigenvalue weighted by Gasteiger charge is 2.18. The maximum absolute atomic E-state index is 12.2. The zero-order valence-corrected chi connectivity index (χ0v) is 12.3. The van der Waals surface area contributed by atoms with Crippen LogP contribution in [-0.4, -0.2) is 24.7 Å². The Kier molecular flexibility index (Phi) is 4.50. The summed E-state index contributed by atoms with van der Waals surface area (Å²) < 4.78 is 0. The highest BCUT2D eigenvalue weighted by Crippen LogP contribution is 2.24. The molecule has 20 heavy (non-hydrogen) atoms. The van der Waals surface area contributed by atoms with Crippen LogP contribution in [0.15, 0.2) is 24.3 Å². The molecule has 2 rings (SSSR count). The van der Waals surface area contributed by atoms with E-state index in [0.717, 1.165) is 25.1 Å². The van der Waals surface area contributed by atoms with E-state index in [2.05, 4.69) is 11.4 Å². The van der Waals surface area contributed by atoms with Gasteiger partial charge in [0.2, 0.25) is 0 Å². The van der Waals surface area contributed by atoms with Crippen molar-refractivity contribution in [3.63, 3.8) is 0 Å². The maximum Gasteiger partial charge on any atom is 0.166 e. The van der Waals surface area contributed by atoms with Crippen LogP contribution >= 0.6 is 0 Å². The summed E-state index contributed by atoms with van der Waals surface area (Å²) in [6.45, 7) is 7.04. The number of hydrogen-bond donors (Lipinski definition) is 1. The van der Waals surface area contributed by atoms with Gasteiger partial charge in [-0.1, -0.05) is 32.1 Å². The van der Waals surface area contributed by atoms with Crippen molar-refractivity contribution in [3.05, 3.63) is 41.0 Å². The van der Waals surface area contributed by atoms with Gasteiger partial charge < -0.3 is 5.32 Å². The van der Waals surface area contributed by atoms with Crippen LogP contribution in [0.25, 0.3) is 5.57 Å². The van der Waals surface area contributed by atoms with E-state index in [1.54, 1.807) is 6.07 Å². The lowest BCUT2D eigenvalue weighted by Gasteiger charge is -2.16. The highest BCUT2D eigenvalue weighted by molar-refractivity contribution is 6.09. The molecule has 0 bridgehead atoms. The Bertz CT molecular complexity index is 570. The summed E-state index contributed by atoms with van der Waals surface area (Å²) in [6.07, 6.45) is 3.10. The molecular weight excluding hydrogens is 250 g/mol. The first kappa shape index (κ1) is 14.7. The van der Waals surface area contributed by atoms with Crippen molar-refractivity contribution in [2.75, 3.05) is 13.1 Å². The number of hydrogen-bond acceptors (Lipinski definition) is 3. The van der Waals surface area contributed by atoms with Gasteiger partial charge in [-0.15, -0.1) is 0 Å². The average Bonchev–Trinajstić information content (AvgIpc) is 2.46. The summed E-state index contributed by atoms with van der Waals surface area (Å²) >= 11 is 0. The van der Waals surface area contributed by atoms with Crippen LogP contribution in [-0.2, 0) is 0 Å². The summed E-state index contributed by atoms with van der Waals surface area (Å²) in [4.78, 5) is 24.0. The van der Waals surface area contributed by atoms with Gasteiger partial charge in [0.05, 0.1) is 0 Å². The second-order valence-electron chi connectivity index (χ2n) is 5.52. The third-order valence-electron chi connectivity index (χ3n) is 3.62. The number of rotatable bonds is 4. The minimum atomic E-state index is -0.1000. The third-order valence-corrected chi connectivity index (χ3v) is 3.62. The van der Waals surface area contributed by atoms with Crippen molar-refractivity contribution in [2.24, 2.45) is 5.92 Å². The molecule has 0 aromatic heterocycles. The Morgan fingerprint density at radius 2 is 1.95 bits per heavy atom. The molecular formula is C17H21NO2. The fourth-order valence-electron chi connectivity index (χ4n) is 2.45. The zero-order chi connectivity index (χ0) is 14.7. The molecule has 1 aromatic carbocycles. The molecule has 1 aliphatic rings. The standard InChI is InChI=1S/C17H21NO2/c1-11(2)17(20)15-5-4-14(10-16(15)12(3)19)13-6-8-18-9-7-13/h4-6,10-11,18H,7-9H2,1-3H3. The minimum absolute atomic E-state index is 0.0287. The molecule has 1 N–H and O–H groups in total. The van der Waals surface area contributed by atoms with Gasteiger partial charge in [0, 0.05) is 23.6 Å². The number of ketones is 2. The third kappa shape index (κ3) is 3.05. The second-order valence-corrected chi connectivity index (χ2v) is 5.52. The Morgan fingerprint density at radius 3 is 2.50 bits per heavy atom. The van der Waals surface area contributed by atoms with E-state index in [4.69, 9.17) is 0 Å². The zero-order valence-electron chi connectivity index (χ0n) is 12.3. The summed E-state index contributed by atoms with van der Waals surface area (Å²) in [5, 5.41) is 3.27. The van der Waals surface area contributed by atoms with Gasteiger partial charge in [-0.3, -0.25) is 9.59 Å². The van der Waals surface area contributed by atoms with Crippen LogP contribution in [0.2, 0.25) is 0 Å². The Balaban J connectivity index is 2.45. The SMILES string of the molecule is CC(=O)c1cc(C2=CCNCC2)ccc1C(=O)C(C)C. The highest BCUT2D eigenvalue weighted by atomic mass is 16.1. The fourth-order valence-corrected chi connectivity index (χ4v) is 2.45. The van der Waals surface area contributed by atoms with Crippen LogP contribution in [0, 0.1) is 5.92 Å². The van der Waals surface area contributed by atoms with Crippen molar-refractivity contribution < 1.29 is 9.59 Å². The van der Waals surface area contributed by atoms with Crippen LogP contribution in [0.1, 0.15) is 53.5 Å². The van der Waals surface area contributed by atoms with Gasteiger partial charge >= 0.3 is 0 Å². The predicted octanol–water partition coefficient (Wildman–Crippen LogP) is 3.10. The largest absolute Gasteiger partial charge is 0.313 e. The molecule has 3 nitrogen and oxygen atoms in total. The van der Waals surface area contributed by atoms with Gasteiger partial charge in [0.15, 0.2) is 11.6 Å². The molecule has 0 fully saturated rings. The normalized spacial score (nSPS) is 15.1. The molecule has 0 spiro atoms. The lowest BCUT2D eigenvalue weighted by atomic mass is 9.90. The topological polar surface area (TPSA) is 46.2 Å². The number of carbonyl (C=O) groups excluding carboxylic acids is 2. The van der Waals surface area contributed by atoms with Crippen molar-refractivity contribution in [1.82, 2.24) is 5.32 Å². The summed E-state index contributed by atoms with van der Waals surface area (Å²) in [6, 6.07) is 5.63. The van der Waals surface area contributed by atoms with Crippen LogP contribution < -0.4 is 5.32 Å². The summed E-state index contributed by atoms with van der Waals surface area (Å²) in [5.74, 6) is -0.122. The molecule has 106 valence electrons. The first-order valence-corrected chi connectivity index (χ1v) is 7.10. The molecule has 0 saturated carbocycles. The number of Topliss-reactive ketones (excluding diaryl/α,β-unsaturated/α-hetero) is 2. The Hall–Kier alpha value is -1.74. The van der Waals surface area contributed by atoms with Gasteiger partial charge in [0.1, 0.15) is 0 Å². The van der Waals surface area contributed by atoms with Gasteiger partial charge in [0.25, 0.3) is 0 Å². The van der Waals surface area contributed by atoms with Crippen molar-refractivity contribution in [1.29, 1.82) is 0 Å². The molecule has 0 amide bonds. The Labute approximate surface area is 120 Å². The lowest BCUT2D eigenvalue weighted by molar-refractivity contribution is 0.0927. The van der Waals surface area contributed by atoms with Crippen LogP contribution in [0.5, 0.6) is 0 Å². The fraction of sp³-hybridized carbons (Fsp3) is 0.412. The molecule has 1 aliphatic heterocycles. The van der Waals surface area contributed by atoms with E-state index < -0.39 is 0 Å². The predicted molar refractivity (Wildman–Crippen MR) is 81.1 cm³/mol. The summed E-state index contributed by atoms with van der Waals surface area (Å²) in [7, 11) is 0. The minimum Gasteiger partial charge on any atom is -0.313 e. The van der Waals surface area contributed by atoms with E-state index in [9.17, 15) is 9.59 Å². The molecule has 0 radical (unpaired) electrons. The quantitative estimate of drug-likeness (QED) is 0.856. The molecule has 1 aromatic rings. The second kappa shape index (κ2) is 6.14. The molecule has 3 heteroatoms. The molecule has 0 aliphatic carbocycles. The van der Waals surface area contributed by atoms with Crippen molar-refractivity contribution in [2.45, 2.75) is 27.2 Å². The molecule has 0 atom stereocenters. The first-order valence-electron chi connectivity index (χ1n) is 7.10. The number of carbonyl (C=O) groups is 2. The van der Waals surface area contributed by atoms with Crippen molar-refractivity contribution in [3.8, 4) is 0 Å². The Morgan fingerprint density at radius 1 is 1.20 bits per heavy atom. The van der Waals surface area contributed by atoms with E-state index in [-0.39, 0.29) is 17.5 Å². The van der Waals surface area contributed by atoms with Gasteiger partial charge in [-0.25, -0.2) is 0 Å². The molecule has 0 unspecified atom stereocenters. The van der Waals surface area contributed by atoms with Crippen LogP contribution in [0.3, 0.4) is 0 Å². The van der Waals surface area contributed by atoms with E-state index in [0.29, 0.717) is 11.1 Å².